The number of fused-ring (bicyclic) bond motifs is 1. The lowest BCUT2D eigenvalue weighted by Gasteiger charge is -2.43. The Bertz CT molecular complexity index is 3000. The Morgan fingerprint density at radius 3 is 1.81 bits per heavy atom. The molecular formula is C71H109F3N12O12. The maximum Gasteiger partial charge on any atom is 0.416 e. The number of rotatable bonds is 10. The zero-order valence-electron chi connectivity index (χ0n) is 59.6. The predicted octanol–water partition coefficient (Wildman–Crippen LogP) is 5.13. The van der Waals surface area contributed by atoms with Gasteiger partial charge in [-0.15, -0.1) is 0 Å². The Balaban J connectivity index is 1.25. The number of hydrogen-bond donors (Lipinski definition) is 3. The molecule has 3 N–H and O–H groups in total. The predicted molar refractivity (Wildman–Crippen MR) is 359 cm³/mol. The van der Waals surface area contributed by atoms with Crippen molar-refractivity contribution in [1.29, 1.82) is 0 Å². The molecule has 546 valence electrons. The highest BCUT2D eigenvalue weighted by Gasteiger charge is 2.51. The molecular weight excluding hydrogens is 1270 g/mol. The first-order valence-electron chi connectivity index (χ1n) is 35.9. The summed E-state index contributed by atoms with van der Waals surface area (Å²) in [5, 5.41) is 8.74. The molecule has 1 unspecified atom stereocenters. The van der Waals surface area contributed by atoms with Crippen LogP contribution in [0.2, 0.25) is 0 Å². The van der Waals surface area contributed by atoms with Gasteiger partial charge in [-0.2, -0.15) is 13.2 Å². The summed E-state index contributed by atoms with van der Waals surface area (Å²) >= 11 is 0. The molecule has 0 bridgehead atoms. The van der Waals surface area contributed by atoms with Crippen molar-refractivity contribution in [2.75, 3.05) is 88.6 Å². The normalized spacial score (nSPS) is 27.2. The van der Waals surface area contributed by atoms with Gasteiger partial charge in [-0.3, -0.25) is 57.5 Å². The smallest absolute Gasteiger partial charge is 0.343 e. The molecule has 3 aliphatic heterocycles. The molecule has 12 amide bonds. The summed E-state index contributed by atoms with van der Waals surface area (Å²) in [4.78, 5) is 189. The molecule has 3 saturated carbocycles. The van der Waals surface area contributed by atoms with E-state index in [-0.39, 0.29) is 63.3 Å². The number of carbonyl (C=O) groups is 12. The lowest BCUT2D eigenvalue weighted by Crippen LogP contribution is -2.65. The van der Waals surface area contributed by atoms with Gasteiger partial charge in [0.2, 0.25) is 70.9 Å². The van der Waals surface area contributed by atoms with Gasteiger partial charge in [0.25, 0.3) is 0 Å². The number of nitrogens with one attached hydrogen (secondary N) is 3. The van der Waals surface area contributed by atoms with Crippen LogP contribution in [0.3, 0.4) is 0 Å². The number of aryl methyl sites for hydroxylation is 1. The van der Waals surface area contributed by atoms with Crippen LogP contribution in [0.15, 0.2) is 24.3 Å². The Kier molecular flexibility index (Phi) is 27.9. The molecule has 3 saturated heterocycles. The molecule has 6 fully saturated rings. The van der Waals surface area contributed by atoms with E-state index >= 15 is 19.2 Å². The zero-order chi connectivity index (χ0) is 71.9. The second-order valence-electron chi connectivity index (χ2n) is 28.9. The lowest BCUT2D eigenvalue weighted by molar-refractivity contribution is -0.157. The minimum atomic E-state index is -4.56. The number of halogens is 3. The largest absolute Gasteiger partial charge is 0.416 e. The van der Waals surface area contributed by atoms with Crippen molar-refractivity contribution in [2.24, 2.45) is 17.8 Å². The van der Waals surface area contributed by atoms with Gasteiger partial charge in [0.1, 0.15) is 47.8 Å². The van der Waals surface area contributed by atoms with Crippen molar-refractivity contribution < 1.29 is 70.7 Å². The molecule has 27 heteroatoms. The summed E-state index contributed by atoms with van der Waals surface area (Å²) in [7, 11) is 10.0. The van der Waals surface area contributed by atoms with E-state index in [4.69, 9.17) is 0 Å². The number of alkyl halides is 3. The fraction of sp³-hybridized carbons (Fsp3) is 0.746. The standard InChI is InChI=1S/C71H109F3N12O12/c1-11-46(2)60-67(96)80(6)44-58(89)78(4)45-59(90)82(8)54(41-49-25-15-12-16-26-49)65(94)79(5)43-56(87)75-52(30-23-27-48-32-34-51(35-33-48)71(72,73)74)64(93)86-40-24-31-53(86)63(92)77-70(36-19-20-37-70)69(98)84(10)61(50-28-17-13-18-29-50)68(97)83(9)55(66(95)85-38-21-14-22-39-85)42-57(88)81(7)47(3)62(91)76-60/h32-35,46-47,49-50,52-55,60-61H,11-31,36-45H2,1-10H3,(H,75,87)(H,76,91)(H,77,92)/t46-,47-,52-,53?,54-,55-,60-,61-/m0/s1. The fourth-order valence-corrected chi connectivity index (χ4v) is 15.3. The highest BCUT2D eigenvalue weighted by molar-refractivity contribution is 6.00. The maximum atomic E-state index is 15.7. The van der Waals surface area contributed by atoms with Crippen molar-refractivity contribution in [2.45, 2.75) is 235 Å². The van der Waals surface area contributed by atoms with Crippen molar-refractivity contribution >= 4 is 70.9 Å². The number of likely N-dealkylation sites (N-methyl/N-ethyl adjacent to an activating group) is 7. The first-order chi connectivity index (χ1) is 46.4. The maximum absolute atomic E-state index is 15.7. The summed E-state index contributed by atoms with van der Waals surface area (Å²) < 4.78 is 40.7. The third kappa shape index (κ3) is 19.5. The van der Waals surface area contributed by atoms with Crippen LogP contribution in [-0.2, 0) is 70.1 Å². The first-order valence-corrected chi connectivity index (χ1v) is 35.9. The number of amides is 12. The van der Waals surface area contributed by atoms with Crippen molar-refractivity contribution in [3.8, 4) is 0 Å². The summed E-state index contributed by atoms with van der Waals surface area (Å²) in [5.74, 6) is -8.26. The summed E-state index contributed by atoms with van der Waals surface area (Å²) in [6.45, 7) is 4.32. The second-order valence-corrected chi connectivity index (χ2v) is 28.9. The number of hydrogen-bond acceptors (Lipinski definition) is 12. The zero-order valence-corrected chi connectivity index (χ0v) is 59.6. The van der Waals surface area contributed by atoms with Crippen LogP contribution < -0.4 is 16.0 Å². The molecule has 6 aliphatic rings. The number of nitrogens with zero attached hydrogens (tertiary/aromatic N) is 9. The van der Waals surface area contributed by atoms with Crippen molar-refractivity contribution in [3.63, 3.8) is 0 Å². The average Bonchev–Trinajstić information content (AvgIpc) is 1.39. The van der Waals surface area contributed by atoms with E-state index in [0.717, 1.165) is 79.7 Å². The quantitative estimate of drug-likeness (QED) is 0.275. The third-order valence-electron chi connectivity index (χ3n) is 22.0. The Hall–Kier alpha value is -7.35. The monoisotopic (exact) mass is 1380 g/mol. The van der Waals surface area contributed by atoms with Crippen LogP contribution in [-0.4, -0.2) is 251 Å². The molecule has 0 aromatic heterocycles. The highest BCUT2D eigenvalue weighted by Crippen LogP contribution is 2.37. The van der Waals surface area contributed by atoms with E-state index in [1.54, 1.807) is 11.8 Å². The van der Waals surface area contributed by atoms with E-state index in [9.17, 15) is 51.5 Å². The van der Waals surface area contributed by atoms with E-state index in [0.29, 0.717) is 70.0 Å². The van der Waals surface area contributed by atoms with E-state index in [1.165, 1.54) is 97.8 Å². The molecule has 1 spiro atoms. The van der Waals surface area contributed by atoms with E-state index in [1.807, 2.05) is 6.92 Å². The van der Waals surface area contributed by atoms with Crippen LogP contribution in [0.1, 0.15) is 186 Å². The lowest BCUT2D eigenvalue weighted by atomic mass is 9.81. The molecule has 3 aliphatic carbocycles. The first kappa shape index (κ1) is 78.0. The van der Waals surface area contributed by atoms with Crippen LogP contribution in [0.4, 0.5) is 13.2 Å². The summed E-state index contributed by atoms with van der Waals surface area (Å²) in [6.07, 6.45) is 8.19. The number of carbonyl (C=O) groups excluding carboxylic acids is 12. The average molecular weight is 1380 g/mol. The molecule has 98 heavy (non-hydrogen) atoms. The summed E-state index contributed by atoms with van der Waals surface area (Å²) in [6, 6.07) is -3.85. The molecule has 0 radical (unpaired) electrons. The summed E-state index contributed by atoms with van der Waals surface area (Å²) in [5.41, 5.74) is -1.83. The van der Waals surface area contributed by atoms with Gasteiger partial charge in [-0.05, 0) is 126 Å². The SMILES string of the molecule is CC[C@H](C)[C@@H]1NC(=O)[C@H](C)N(C)C(=O)C[C@@H](C(=O)N2CCCCC2)N(C)C(=O)[C@H](C2CCCCC2)N(C)C(=O)C2(CCCC2)NC(=O)C2CCCN2C(=O)[C@H](CCCc2ccc(C(F)(F)F)cc2)NC(=O)CN(C)C(=O)[C@H](CC2CCCCC2)N(C)C(=O)CN(C)C(=O)CN(C)C1=O. The molecule has 3 heterocycles. The molecule has 7 rings (SSSR count). The van der Waals surface area contributed by atoms with Crippen LogP contribution in [0, 0.1) is 17.8 Å². The van der Waals surface area contributed by atoms with Crippen LogP contribution in [0.5, 0.6) is 0 Å². The molecule has 24 nitrogen and oxygen atoms in total. The highest BCUT2D eigenvalue weighted by atomic mass is 19.4. The fourth-order valence-electron chi connectivity index (χ4n) is 15.3. The van der Waals surface area contributed by atoms with Gasteiger partial charge >= 0.3 is 6.18 Å². The minimum absolute atomic E-state index is 0.0342. The van der Waals surface area contributed by atoms with E-state index in [2.05, 4.69) is 16.0 Å². The Morgan fingerprint density at radius 1 is 0.602 bits per heavy atom. The molecule has 8 atom stereocenters. The topological polar surface area (TPSA) is 270 Å². The third-order valence-corrected chi connectivity index (χ3v) is 22.0. The Morgan fingerprint density at radius 2 is 1.19 bits per heavy atom. The van der Waals surface area contributed by atoms with Gasteiger partial charge in [0, 0.05) is 69.0 Å². The van der Waals surface area contributed by atoms with Crippen LogP contribution >= 0.6 is 0 Å². The number of benzene rings is 1. The van der Waals surface area contributed by atoms with Crippen molar-refractivity contribution in [3.05, 3.63) is 35.4 Å². The Labute approximate surface area is 576 Å². The second kappa shape index (κ2) is 35.1. The van der Waals surface area contributed by atoms with E-state index < -0.39 is 162 Å². The molecule has 1 aromatic rings. The number of likely N-dealkylation sites (tertiary alicyclic amines) is 1. The van der Waals surface area contributed by atoms with Gasteiger partial charge in [0.15, 0.2) is 0 Å². The van der Waals surface area contributed by atoms with Gasteiger partial charge in [-0.1, -0.05) is 96.6 Å². The van der Waals surface area contributed by atoms with Crippen LogP contribution in [0.25, 0.3) is 0 Å². The number of piperidine rings is 1. The van der Waals surface area contributed by atoms with Gasteiger partial charge < -0.3 is 60.0 Å². The van der Waals surface area contributed by atoms with Gasteiger partial charge in [0.05, 0.1) is 31.6 Å². The van der Waals surface area contributed by atoms with Crippen molar-refractivity contribution in [1.82, 2.24) is 60.0 Å². The minimum Gasteiger partial charge on any atom is -0.343 e. The van der Waals surface area contributed by atoms with Gasteiger partial charge in [-0.25, -0.2) is 0 Å². The molecule has 1 aromatic carbocycles.